The van der Waals surface area contributed by atoms with E-state index in [1.165, 1.54) is 13.2 Å². The fourth-order valence-electron chi connectivity index (χ4n) is 5.43. The quantitative estimate of drug-likeness (QED) is 0.126. The van der Waals surface area contributed by atoms with Crippen molar-refractivity contribution in [2.24, 2.45) is 5.41 Å². The van der Waals surface area contributed by atoms with Gasteiger partial charge < -0.3 is 23.9 Å². The van der Waals surface area contributed by atoms with E-state index >= 15 is 4.39 Å². The lowest BCUT2D eigenvalue weighted by Crippen LogP contribution is -2.26. The van der Waals surface area contributed by atoms with Crippen molar-refractivity contribution >= 4 is 33.8 Å². The second kappa shape index (κ2) is 11.6. The maximum absolute atomic E-state index is 16.7. The molecule has 218 valence electrons. The molecular weight excluding hydrogens is 542 g/mol. The number of carbonyl (C=O) groups is 1. The van der Waals surface area contributed by atoms with Crippen molar-refractivity contribution in [3.05, 3.63) is 59.8 Å². The van der Waals surface area contributed by atoms with E-state index in [4.69, 9.17) is 14.2 Å². The van der Waals surface area contributed by atoms with Gasteiger partial charge in [0.15, 0.2) is 12.6 Å². The maximum Gasteiger partial charge on any atom is 0.319 e. The summed E-state index contributed by atoms with van der Waals surface area (Å²) in [4.78, 5) is 27.4. The number of aryl methyl sites for hydroxylation is 1. The van der Waals surface area contributed by atoms with Gasteiger partial charge in [-0.25, -0.2) is 8.78 Å². The first-order valence-corrected chi connectivity index (χ1v) is 14.2. The molecule has 1 aliphatic carbocycles. The van der Waals surface area contributed by atoms with Crippen LogP contribution in [0.3, 0.4) is 0 Å². The number of hydrogen-bond acceptors (Lipinski definition) is 8. The molecule has 0 N–H and O–H groups in total. The van der Waals surface area contributed by atoms with E-state index in [0.717, 1.165) is 32.0 Å². The number of ether oxygens (including phenoxy) is 3. The standard InChI is InChI=1S/C32H32F2N4O4/c1-3-22-25(33)9-8-20-14-21(42-19-40-2)15-23(26(20)22)28-27(34)29-24(16-35-28)30(38-12-6-4-5-7-13-38)37-31(36-29)41-18-32(17-39)10-11-32/h4-5,8-9,14-17H,3,6-7,10-13,18-19H2,1-2H3. The predicted molar refractivity (Wildman–Crippen MR) is 156 cm³/mol. The summed E-state index contributed by atoms with van der Waals surface area (Å²) < 4.78 is 48.4. The average molecular weight is 575 g/mol. The van der Waals surface area contributed by atoms with Gasteiger partial charge in [0.05, 0.1) is 10.8 Å². The largest absolute Gasteiger partial charge is 0.468 e. The van der Waals surface area contributed by atoms with Crippen molar-refractivity contribution in [1.82, 2.24) is 15.0 Å². The number of benzene rings is 2. The Morgan fingerprint density at radius 2 is 1.86 bits per heavy atom. The van der Waals surface area contributed by atoms with E-state index in [2.05, 4.69) is 32.0 Å². The summed E-state index contributed by atoms with van der Waals surface area (Å²) in [5.74, 6) is -0.100. The van der Waals surface area contributed by atoms with Crippen LogP contribution in [0.2, 0.25) is 0 Å². The smallest absolute Gasteiger partial charge is 0.319 e. The van der Waals surface area contributed by atoms with Gasteiger partial charge in [-0.3, -0.25) is 4.98 Å². The fraction of sp³-hybridized carbons (Fsp3) is 0.375. The van der Waals surface area contributed by atoms with Gasteiger partial charge >= 0.3 is 6.01 Å². The molecule has 6 rings (SSSR count). The zero-order valence-electron chi connectivity index (χ0n) is 23.7. The summed E-state index contributed by atoms with van der Waals surface area (Å²) in [5.41, 5.74) is 0.355. The normalized spacial score (nSPS) is 16.0. The molecule has 10 heteroatoms. The number of hydrogen-bond donors (Lipinski definition) is 0. The summed E-state index contributed by atoms with van der Waals surface area (Å²) in [7, 11) is 1.51. The van der Waals surface area contributed by atoms with Gasteiger partial charge in [-0.05, 0) is 66.6 Å². The first kappa shape index (κ1) is 28.0. The number of rotatable bonds is 10. The fourth-order valence-corrected chi connectivity index (χ4v) is 5.43. The first-order chi connectivity index (χ1) is 20.5. The monoisotopic (exact) mass is 574 g/mol. The van der Waals surface area contributed by atoms with Crippen LogP contribution in [0.4, 0.5) is 14.6 Å². The van der Waals surface area contributed by atoms with E-state index in [9.17, 15) is 9.18 Å². The van der Waals surface area contributed by atoms with Crippen LogP contribution in [-0.2, 0) is 16.0 Å². The van der Waals surface area contributed by atoms with Crippen molar-refractivity contribution in [2.75, 3.05) is 38.5 Å². The Kier molecular flexibility index (Phi) is 7.72. The van der Waals surface area contributed by atoms with Crippen molar-refractivity contribution in [3.8, 4) is 23.0 Å². The van der Waals surface area contributed by atoms with Crippen LogP contribution in [-0.4, -0.2) is 54.8 Å². The van der Waals surface area contributed by atoms with Crippen LogP contribution < -0.4 is 14.4 Å². The van der Waals surface area contributed by atoms with Crippen LogP contribution in [0.1, 0.15) is 38.2 Å². The van der Waals surface area contributed by atoms with Crippen LogP contribution in [0.5, 0.6) is 11.8 Å². The van der Waals surface area contributed by atoms with Crippen LogP contribution in [0.25, 0.3) is 32.9 Å². The van der Waals surface area contributed by atoms with Crippen molar-refractivity contribution < 1.29 is 27.8 Å². The van der Waals surface area contributed by atoms with Gasteiger partial charge in [-0.15, -0.1) is 0 Å². The number of aldehydes is 1. The molecule has 0 unspecified atom stereocenters. The van der Waals surface area contributed by atoms with Gasteiger partial charge in [0, 0.05) is 32.0 Å². The zero-order valence-corrected chi connectivity index (χ0v) is 23.7. The molecule has 0 amide bonds. The minimum absolute atomic E-state index is 0.00112. The molecule has 0 bridgehead atoms. The highest BCUT2D eigenvalue weighted by atomic mass is 19.1. The van der Waals surface area contributed by atoms with Crippen LogP contribution in [0.15, 0.2) is 42.6 Å². The molecule has 0 atom stereocenters. The highest BCUT2D eigenvalue weighted by Crippen LogP contribution is 2.44. The third kappa shape index (κ3) is 5.27. The highest BCUT2D eigenvalue weighted by Gasteiger charge is 2.44. The molecule has 0 saturated heterocycles. The van der Waals surface area contributed by atoms with E-state index in [1.54, 1.807) is 24.4 Å². The number of fused-ring (bicyclic) bond motifs is 2. The van der Waals surface area contributed by atoms with E-state index in [-0.39, 0.29) is 36.4 Å². The molecule has 1 aliphatic heterocycles. The van der Waals surface area contributed by atoms with Crippen molar-refractivity contribution in [3.63, 3.8) is 0 Å². The molecule has 2 aromatic heterocycles. The molecule has 4 aromatic rings. The molecule has 0 spiro atoms. The maximum atomic E-state index is 16.7. The second-order valence-corrected chi connectivity index (χ2v) is 10.8. The molecule has 2 aliphatic rings. The Labute approximate surface area is 242 Å². The SMILES string of the molecule is CCc1c(F)ccc2cc(OCOC)cc(-c3ncc4c(N5CCC=CCC5)nc(OCC5(C=O)CC5)nc4c3F)c12. The van der Waals surface area contributed by atoms with Gasteiger partial charge in [-0.2, -0.15) is 9.97 Å². The number of nitrogens with zero attached hydrogens (tertiary/aromatic N) is 4. The molecule has 2 aromatic carbocycles. The minimum Gasteiger partial charge on any atom is -0.468 e. The lowest BCUT2D eigenvalue weighted by atomic mass is 9.94. The Balaban J connectivity index is 1.55. The first-order valence-electron chi connectivity index (χ1n) is 14.2. The minimum atomic E-state index is -0.679. The Morgan fingerprint density at radius 3 is 2.55 bits per heavy atom. The summed E-state index contributed by atoms with van der Waals surface area (Å²) in [6.45, 7) is 3.35. The number of carbonyl (C=O) groups excluding carboxylic acids is 1. The average Bonchev–Trinajstić information content (AvgIpc) is 3.83. The van der Waals surface area contributed by atoms with Crippen LogP contribution >= 0.6 is 0 Å². The van der Waals surface area contributed by atoms with E-state index in [0.29, 0.717) is 58.4 Å². The second-order valence-electron chi connectivity index (χ2n) is 10.8. The zero-order chi connectivity index (χ0) is 29.3. The summed E-state index contributed by atoms with van der Waals surface area (Å²) in [6, 6.07) is 6.47. The molecule has 1 fully saturated rings. The number of aromatic nitrogens is 3. The molecule has 3 heterocycles. The lowest BCUT2D eigenvalue weighted by molar-refractivity contribution is -0.113. The van der Waals surface area contributed by atoms with E-state index in [1.807, 2.05) is 6.92 Å². The van der Waals surface area contributed by atoms with Gasteiger partial charge in [0.1, 0.15) is 41.5 Å². The molecule has 1 saturated carbocycles. The van der Waals surface area contributed by atoms with Gasteiger partial charge in [-0.1, -0.05) is 25.1 Å². The summed E-state index contributed by atoms with van der Waals surface area (Å²) >= 11 is 0. The topological polar surface area (TPSA) is 86.7 Å². The molecular formula is C32H32F2N4O4. The van der Waals surface area contributed by atoms with Gasteiger partial charge in [0.25, 0.3) is 0 Å². The van der Waals surface area contributed by atoms with Crippen molar-refractivity contribution in [2.45, 2.75) is 39.0 Å². The number of methoxy groups -OCH3 is 1. The number of anilines is 1. The summed E-state index contributed by atoms with van der Waals surface area (Å²) in [6.07, 6.45) is 10.2. The number of pyridine rings is 1. The molecule has 8 nitrogen and oxygen atoms in total. The van der Waals surface area contributed by atoms with Crippen LogP contribution in [0, 0.1) is 17.0 Å². The molecule has 42 heavy (non-hydrogen) atoms. The Hall–Kier alpha value is -4.18. The Bertz CT molecular complexity index is 1680. The van der Waals surface area contributed by atoms with E-state index < -0.39 is 11.2 Å². The molecule has 0 radical (unpaired) electrons. The summed E-state index contributed by atoms with van der Waals surface area (Å²) in [5, 5.41) is 1.69. The van der Waals surface area contributed by atoms with Crippen molar-refractivity contribution in [1.29, 1.82) is 0 Å². The highest BCUT2D eigenvalue weighted by molar-refractivity contribution is 6.01. The number of halogens is 2. The third-order valence-corrected chi connectivity index (χ3v) is 7.97. The predicted octanol–water partition coefficient (Wildman–Crippen LogP) is 6.18. The third-order valence-electron chi connectivity index (χ3n) is 7.97. The van der Waals surface area contributed by atoms with Gasteiger partial charge in [0.2, 0.25) is 0 Å². The lowest BCUT2D eigenvalue weighted by Gasteiger charge is -2.24. The Morgan fingerprint density at radius 1 is 1.07 bits per heavy atom.